The Morgan fingerprint density at radius 1 is 1.26 bits per heavy atom. The van der Waals surface area contributed by atoms with Crippen LogP contribution >= 0.6 is 11.6 Å². The number of fused-ring (bicyclic) bond motifs is 1. The minimum absolute atomic E-state index is 0.176. The Balaban J connectivity index is 1.80. The fourth-order valence-corrected chi connectivity index (χ4v) is 3.96. The van der Waals surface area contributed by atoms with Gasteiger partial charge >= 0.3 is 0 Å². The SMILES string of the molecule is CN1CCOc2cc(NS(=O)(=O)Cc3ccccc3Cl)ccc21. The molecule has 5 nitrogen and oxygen atoms in total. The molecule has 2 aromatic carbocycles. The molecule has 1 aliphatic heterocycles. The van der Waals surface area contributed by atoms with Gasteiger partial charge < -0.3 is 9.64 Å². The number of nitrogens with zero attached hydrogens (tertiary/aromatic N) is 1. The van der Waals surface area contributed by atoms with E-state index in [1.807, 2.05) is 13.1 Å². The molecule has 7 heteroatoms. The van der Waals surface area contributed by atoms with Crippen LogP contribution in [0.5, 0.6) is 5.75 Å². The van der Waals surface area contributed by atoms with Crippen molar-refractivity contribution >= 4 is 33.0 Å². The van der Waals surface area contributed by atoms with Gasteiger partial charge in [-0.25, -0.2) is 8.42 Å². The Hall–Kier alpha value is -1.92. The summed E-state index contributed by atoms with van der Waals surface area (Å²) < 4.78 is 32.8. The molecule has 1 heterocycles. The molecule has 0 bridgehead atoms. The highest BCUT2D eigenvalue weighted by molar-refractivity contribution is 7.91. The number of likely N-dealkylation sites (N-methyl/N-ethyl adjacent to an activating group) is 1. The molecule has 23 heavy (non-hydrogen) atoms. The Kier molecular flexibility index (Phi) is 4.37. The molecule has 122 valence electrons. The van der Waals surface area contributed by atoms with Crippen LogP contribution in [0, 0.1) is 0 Å². The average Bonchev–Trinajstić information content (AvgIpc) is 2.49. The minimum Gasteiger partial charge on any atom is -0.489 e. The van der Waals surface area contributed by atoms with Gasteiger partial charge in [-0.2, -0.15) is 0 Å². The van der Waals surface area contributed by atoms with Gasteiger partial charge in [0.15, 0.2) is 0 Å². The van der Waals surface area contributed by atoms with E-state index in [1.165, 1.54) is 0 Å². The molecule has 0 saturated heterocycles. The smallest absolute Gasteiger partial charge is 0.236 e. The number of nitrogens with one attached hydrogen (secondary N) is 1. The van der Waals surface area contributed by atoms with Gasteiger partial charge in [-0.1, -0.05) is 29.8 Å². The second-order valence-corrected chi connectivity index (χ2v) is 7.53. The number of benzene rings is 2. The van der Waals surface area contributed by atoms with E-state index < -0.39 is 10.0 Å². The number of rotatable bonds is 4. The second-order valence-electron chi connectivity index (χ2n) is 5.41. The van der Waals surface area contributed by atoms with E-state index in [9.17, 15) is 8.42 Å². The summed E-state index contributed by atoms with van der Waals surface area (Å²) in [5.74, 6) is 0.501. The molecule has 0 aliphatic carbocycles. The molecule has 0 saturated carbocycles. The third kappa shape index (κ3) is 3.71. The zero-order valence-electron chi connectivity index (χ0n) is 12.6. The van der Waals surface area contributed by atoms with Crippen LogP contribution in [0.25, 0.3) is 0 Å². The van der Waals surface area contributed by atoms with E-state index in [-0.39, 0.29) is 5.75 Å². The van der Waals surface area contributed by atoms with E-state index in [0.717, 1.165) is 12.2 Å². The van der Waals surface area contributed by atoms with Crippen LogP contribution < -0.4 is 14.4 Å². The molecule has 2 aromatic rings. The minimum atomic E-state index is -3.55. The lowest BCUT2D eigenvalue weighted by Crippen LogP contribution is -2.28. The number of ether oxygens (including phenoxy) is 1. The van der Waals surface area contributed by atoms with Crippen LogP contribution in [0.2, 0.25) is 5.02 Å². The largest absolute Gasteiger partial charge is 0.489 e. The molecule has 1 aliphatic rings. The Labute approximate surface area is 140 Å². The summed E-state index contributed by atoms with van der Waals surface area (Å²) in [4.78, 5) is 2.07. The van der Waals surface area contributed by atoms with Crippen LogP contribution in [0.1, 0.15) is 5.56 Å². The standard InChI is InChI=1S/C16H17ClN2O3S/c1-19-8-9-22-16-10-13(6-7-15(16)19)18-23(20,21)11-12-4-2-3-5-14(12)17/h2-7,10,18H,8-9,11H2,1H3. The lowest BCUT2D eigenvalue weighted by atomic mass is 10.2. The fourth-order valence-electron chi connectivity index (χ4n) is 2.46. The second kappa shape index (κ2) is 6.29. The highest BCUT2D eigenvalue weighted by atomic mass is 35.5. The Bertz CT molecular complexity index is 824. The van der Waals surface area contributed by atoms with Crippen molar-refractivity contribution in [1.82, 2.24) is 0 Å². The summed E-state index contributed by atoms with van der Waals surface area (Å²) in [6.07, 6.45) is 0. The van der Waals surface area contributed by atoms with Gasteiger partial charge in [0.05, 0.1) is 23.7 Å². The van der Waals surface area contributed by atoms with E-state index in [4.69, 9.17) is 16.3 Å². The highest BCUT2D eigenvalue weighted by Crippen LogP contribution is 2.33. The predicted molar refractivity (Wildman–Crippen MR) is 92.9 cm³/mol. The number of hydrogen-bond donors (Lipinski definition) is 1. The summed E-state index contributed by atoms with van der Waals surface area (Å²) in [7, 11) is -1.58. The predicted octanol–water partition coefficient (Wildman–Crippen LogP) is 3.11. The monoisotopic (exact) mass is 352 g/mol. The van der Waals surface area contributed by atoms with Crippen LogP contribution in [0.4, 0.5) is 11.4 Å². The molecule has 0 radical (unpaired) electrons. The number of anilines is 2. The quantitative estimate of drug-likeness (QED) is 0.918. The van der Waals surface area contributed by atoms with Crippen LogP contribution in [-0.2, 0) is 15.8 Å². The molecule has 1 N–H and O–H groups in total. The van der Waals surface area contributed by atoms with Gasteiger partial charge in [0.1, 0.15) is 12.4 Å². The fraction of sp³-hybridized carbons (Fsp3) is 0.250. The van der Waals surface area contributed by atoms with Gasteiger partial charge in [-0.15, -0.1) is 0 Å². The van der Waals surface area contributed by atoms with E-state index in [1.54, 1.807) is 36.4 Å². The Morgan fingerprint density at radius 3 is 2.83 bits per heavy atom. The van der Waals surface area contributed by atoms with Gasteiger partial charge in [-0.3, -0.25) is 4.72 Å². The van der Waals surface area contributed by atoms with Crippen LogP contribution in [-0.4, -0.2) is 28.6 Å². The van der Waals surface area contributed by atoms with Crippen molar-refractivity contribution < 1.29 is 13.2 Å². The highest BCUT2D eigenvalue weighted by Gasteiger charge is 2.18. The number of sulfonamides is 1. The van der Waals surface area contributed by atoms with Gasteiger partial charge in [-0.05, 0) is 23.8 Å². The lowest BCUT2D eigenvalue weighted by molar-refractivity contribution is 0.311. The first-order valence-corrected chi connectivity index (χ1v) is 9.19. The van der Waals surface area contributed by atoms with Gasteiger partial charge in [0.25, 0.3) is 0 Å². The first-order valence-electron chi connectivity index (χ1n) is 7.16. The normalized spacial score (nSPS) is 14.1. The summed E-state index contributed by atoms with van der Waals surface area (Å²) >= 11 is 6.03. The molecule has 0 unspecified atom stereocenters. The van der Waals surface area contributed by atoms with Crippen LogP contribution in [0.3, 0.4) is 0 Å². The third-order valence-corrected chi connectivity index (χ3v) is 5.24. The zero-order valence-corrected chi connectivity index (χ0v) is 14.2. The number of halogens is 1. The summed E-state index contributed by atoms with van der Waals surface area (Å²) in [6.45, 7) is 1.39. The molecule has 0 spiro atoms. The zero-order chi connectivity index (χ0) is 16.4. The van der Waals surface area contributed by atoms with Crippen molar-refractivity contribution in [3.8, 4) is 5.75 Å². The summed E-state index contributed by atoms with van der Waals surface area (Å²) in [5.41, 5.74) is 1.99. The molecule has 3 rings (SSSR count). The molecule has 0 fully saturated rings. The molecule has 0 atom stereocenters. The third-order valence-electron chi connectivity index (χ3n) is 3.63. The summed E-state index contributed by atoms with van der Waals surface area (Å²) in [5, 5.41) is 0.438. The molecular formula is C16H17ClN2O3S. The van der Waals surface area contributed by atoms with Crippen LogP contribution in [0.15, 0.2) is 42.5 Å². The van der Waals surface area contributed by atoms with Crippen molar-refractivity contribution in [2.45, 2.75) is 5.75 Å². The maximum Gasteiger partial charge on any atom is 0.236 e. The summed E-state index contributed by atoms with van der Waals surface area (Å²) in [6, 6.07) is 12.2. The van der Waals surface area contributed by atoms with Crippen molar-refractivity contribution in [3.05, 3.63) is 53.1 Å². The first kappa shape index (κ1) is 16.0. The van der Waals surface area contributed by atoms with E-state index in [2.05, 4.69) is 9.62 Å². The topological polar surface area (TPSA) is 58.6 Å². The average molecular weight is 353 g/mol. The first-order chi connectivity index (χ1) is 10.9. The van der Waals surface area contributed by atoms with Crippen molar-refractivity contribution in [2.24, 2.45) is 0 Å². The van der Waals surface area contributed by atoms with E-state index >= 15 is 0 Å². The number of hydrogen-bond acceptors (Lipinski definition) is 4. The van der Waals surface area contributed by atoms with Crippen molar-refractivity contribution in [1.29, 1.82) is 0 Å². The Morgan fingerprint density at radius 2 is 2.04 bits per heavy atom. The van der Waals surface area contributed by atoms with Gasteiger partial charge in [0, 0.05) is 18.1 Å². The maximum atomic E-state index is 12.3. The van der Waals surface area contributed by atoms with Crippen molar-refractivity contribution in [3.63, 3.8) is 0 Å². The molecular weight excluding hydrogens is 336 g/mol. The van der Waals surface area contributed by atoms with E-state index in [0.29, 0.717) is 28.6 Å². The maximum absolute atomic E-state index is 12.3. The lowest BCUT2D eigenvalue weighted by Gasteiger charge is -2.28. The molecule has 0 amide bonds. The molecule has 0 aromatic heterocycles. The van der Waals surface area contributed by atoms with Crippen molar-refractivity contribution in [2.75, 3.05) is 29.8 Å². The van der Waals surface area contributed by atoms with Gasteiger partial charge in [0.2, 0.25) is 10.0 Å².